The van der Waals surface area contributed by atoms with Gasteiger partial charge in [0.05, 0.1) is 17.4 Å². The van der Waals surface area contributed by atoms with Gasteiger partial charge in [-0.2, -0.15) is 5.10 Å². The van der Waals surface area contributed by atoms with Gasteiger partial charge in [0.25, 0.3) is 0 Å². The SMILES string of the molecule is CN(C)CC(N)c1cc(F)cc(-c2ccnc3[nH]c(-c4n[nH]c5ccc(-c6cnccn6)nc45)nc23)c1. The summed E-state index contributed by atoms with van der Waals surface area (Å²) in [5, 5.41) is 7.45. The van der Waals surface area contributed by atoms with E-state index in [-0.39, 0.29) is 11.9 Å². The maximum Gasteiger partial charge on any atom is 0.162 e. The van der Waals surface area contributed by atoms with Crippen LogP contribution in [0.3, 0.4) is 0 Å². The smallest absolute Gasteiger partial charge is 0.162 e. The van der Waals surface area contributed by atoms with Crippen molar-refractivity contribution in [2.24, 2.45) is 5.73 Å². The van der Waals surface area contributed by atoms with Crippen molar-refractivity contribution >= 4 is 22.2 Å². The number of halogens is 1. The molecule has 11 heteroatoms. The molecule has 0 amide bonds. The maximum atomic E-state index is 14.6. The molecule has 184 valence electrons. The van der Waals surface area contributed by atoms with Gasteiger partial charge in [0.15, 0.2) is 17.2 Å². The molecule has 0 aliphatic heterocycles. The number of fused-ring (bicyclic) bond motifs is 2. The van der Waals surface area contributed by atoms with E-state index in [0.717, 1.165) is 11.1 Å². The highest BCUT2D eigenvalue weighted by atomic mass is 19.1. The number of rotatable bonds is 6. The zero-order chi connectivity index (χ0) is 25.5. The average Bonchev–Trinajstić information content (AvgIpc) is 3.52. The third-order valence-electron chi connectivity index (χ3n) is 6.06. The summed E-state index contributed by atoms with van der Waals surface area (Å²) >= 11 is 0. The Hall–Kier alpha value is -4.61. The number of benzene rings is 1. The van der Waals surface area contributed by atoms with E-state index in [1.54, 1.807) is 24.8 Å². The summed E-state index contributed by atoms with van der Waals surface area (Å²) < 4.78 is 14.6. The molecule has 0 fully saturated rings. The van der Waals surface area contributed by atoms with Crippen molar-refractivity contribution < 1.29 is 4.39 Å². The lowest BCUT2D eigenvalue weighted by Crippen LogP contribution is -2.26. The van der Waals surface area contributed by atoms with E-state index in [2.05, 4.69) is 30.1 Å². The number of pyridine rings is 2. The molecule has 0 saturated carbocycles. The Balaban J connectivity index is 1.45. The number of nitrogens with two attached hydrogens (primary N) is 1. The van der Waals surface area contributed by atoms with Gasteiger partial charge >= 0.3 is 0 Å². The minimum absolute atomic E-state index is 0.332. The van der Waals surface area contributed by atoms with E-state index in [9.17, 15) is 4.39 Å². The number of nitrogens with one attached hydrogen (secondary N) is 2. The van der Waals surface area contributed by atoms with Gasteiger partial charge in [0.1, 0.15) is 22.5 Å². The van der Waals surface area contributed by atoms with Crippen molar-refractivity contribution in [3.63, 3.8) is 0 Å². The van der Waals surface area contributed by atoms with Crippen molar-refractivity contribution in [2.75, 3.05) is 20.6 Å². The quantitative estimate of drug-likeness (QED) is 0.318. The molecule has 1 aromatic carbocycles. The lowest BCUT2D eigenvalue weighted by molar-refractivity contribution is 0.376. The van der Waals surface area contributed by atoms with E-state index >= 15 is 0 Å². The molecule has 5 aromatic heterocycles. The zero-order valence-corrected chi connectivity index (χ0v) is 20.1. The zero-order valence-electron chi connectivity index (χ0n) is 20.1. The van der Waals surface area contributed by atoms with Crippen LogP contribution >= 0.6 is 0 Å². The molecule has 4 N–H and O–H groups in total. The summed E-state index contributed by atoms with van der Waals surface area (Å²) in [7, 11) is 3.86. The third kappa shape index (κ3) is 4.30. The summed E-state index contributed by atoms with van der Waals surface area (Å²) in [5.41, 5.74) is 12.8. The van der Waals surface area contributed by atoms with Gasteiger partial charge in [-0.05, 0) is 61.6 Å². The van der Waals surface area contributed by atoms with E-state index in [1.165, 1.54) is 12.1 Å². The second kappa shape index (κ2) is 9.12. The molecule has 0 saturated heterocycles. The van der Waals surface area contributed by atoms with Crippen LogP contribution in [0.4, 0.5) is 4.39 Å². The summed E-state index contributed by atoms with van der Waals surface area (Å²) in [6, 6.07) is 10.1. The summed E-state index contributed by atoms with van der Waals surface area (Å²) in [6.07, 6.45) is 6.55. The van der Waals surface area contributed by atoms with Crippen LogP contribution in [0.15, 0.2) is 61.2 Å². The van der Waals surface area contributed by atoms with E-state index < -0.39 is 0 Å². The van der Waals surface area contributed by atoms with Crippen LogP contribution in [0, 0.1) is 5.82 Å². The second-order valence-corrected chi connectivity index (χ2v) is 9.04. The average molecular weight is 495 g/mol. The van der Waals surface area contributed by atoms with Gasteiger partial charge in [0.2, 0.25) is 0 Å². The van der Waals surface area contributed by atoms with E-state index in [1.807, 2.05) is 43.3 Å². The number of nitrogens with zero attached hydrogens (tertiary/aromatic N) is 7. The first-order chi connectivity index (χ1) is 18.0. The first kappa shape index (κ1) is 22.8. The van der Waals surface area contributed by atoms with Gasteiger partial charge in [-0.25, -0.2) is 19.3 Å². The van der Waals surface area contributed by atoms with Crippen LogP contribution < -0.4 is 5.73 Å². The van der Waals surface area contributed by atoms with Gasteiger partial charge in [-0.15, -0.1) is 0 Å². The van der Waals surface area contributed by atoms with Crippen molar-refractivity contribution in [3.05, 3.63) is 72.6 Å². The molecule has 10 nitrogen and oxygen atoms in total. The van der Waals surface area contributed by atoms with Crippen LogP contribution in [0.2, 0.25) is 0 Å². The Bertz CT molecular complexity index is 1720. The minimum Gasteiger partial charge on any atom is -0.323 e. The predicted molar refractivity (Wildman–Crippen MR) is 139 cm³/mol. The number of aromatic amines is 2. The van der Waals surface area contributed by atoms with Crippen molar-refractivity contribution in [1.82, 2.24) is 45.0 Å². The fourth-order valence-electron chi connectivity index (χ4n) is 4.37. The minimum atomic E-state index is -0.360. The number of imidazole rings is 1. The third-order valence-corrected chi connectivity index (χ3v) is 6.06. The van der Waals surface area contributed by atoms with Crippen molar-refractivity contribution in [3.8, 4) is 34.0 Å². The molecular formula is C26H23FN10. The Morgan fingerprint density at radius 2 is 1.86 bits per heavy atom. The molecule has 0 bridgehead atoms. The first-order valence-electron chi connectivity index (χ1n) is 11.6. The Morgan fingerprint density at radius 1 is 0.973 bits per heavy atom. The molecule has 6 aromatic rings. The van der Waals surface area contributed by atoms with E-state index in [0.29, 0.717) is 57.3 Å². The van der Waals surface area contributed by atoms with Gasteiger partial charge in [-0.3, -0.25) is 15.1 Å². The second-order valence-electron chi connectivity index (χ2n) is 9.04. The molecule has 5 heterocycles. The van der Waals surface area contributed by atoms with Crippen LogP contribution in [-0.4, -0.2) is 65.6 Å². The lowest BCUT2D eigenvalue weighted by atomic mass is 9.99. The highest BCUT2D eigenvalue weighted by molar-refractivity contribution is 5.94. The standard InChI is InChI=1S/C26H23FN10/c1-37(2)13-18(28)15-9-14(10-16(27)11-15)17-5-6-31-25-22(17)33-26(34-25)24-23-20(35-36-24)4-3-19(32-23)21-12-29-7-8-30-21/h3-12,18H,13,28H2,1-2H3,(H,35,36)(H,31,33,34). The van der Waals surface area contributed by atoms with Crippen molar-refractivity contribution in [2.45, 2.75) is 6.04 Å². The highest BCUT2D eigenvalue weighted by Gasteiger charge is 2.19. The molecule has 6 rings (SSSR count). The fourth-order valence-corrected chi connectivity index (χ4v) is 4.37. The van der Waals surface area contributed by atoms with Crippen LogP contribution in [-0.2, 0) is 0 Å². The van der Waals surface area contributed by atoms with Gasteiger partial charge < -0.3 is 15.6 Å². The highest BCUT2D eigenvalue weighted by Crippen LogP contribution is 2.32. The topological polar surface area (TPSA) is 138 Å². The first-order valence-corrected chi connectivity index (χ1v) is 11.6. The number of hydrogen-bond donors (Lipinski definition) is 3. The van der Waals surface area contributed by atoms with Crippen LogP contribution in [0.5, 0.6) is 0 Å². The molecule has 1 atom stereocenters. The molecule has 0 radical (unpaired) electrons. The van der Waals surface area contributed by atoms with Crippen LogP contribution in [0.1, 0.15) is 11.6 Å². The van der Waals surface area contributed by atoms with E-state index in [4.69, 9.17) is 15.7 Å². The summed E-state index contributed by atoms with van der Waals surface area (Å²) in [4.78, 5) is 27.7. The number of likely N-dealkylation sites (N-methyl/N-ethyl adjacent to an activating group) is 1. The molecular weight excluding hydrogens is 471 g/mol. The fraction of sp³-hybridized carbons (Fsp3) is 0.154. The molecule has 0 aliphatic rings. The molecule has 0 aliphatic carbocycles. The Morgan fingerprint density at radius 3 is 2.68 bits per heavy atom. The molecule has 1 unspecified atom stereocenters. The van der Waals surface area contributed by atoms with Gasteiger partial charge in [-0.1, -0.05) is 0 Å². The maximum absolute atomic E-state index is 14.6. The monoisotopic (exact) mass is 494 g/mol. The normalized spacial score (nSPS) is 12.6. The molecule has 0 spiro atoms. The number of H-pyrrole nitrogens is 2. The largest absolute Gasteiger partial charge is 0.323 e. The van der Waals surface area contributed by atoms with Crippen molar-refractivity contribution in [1.29, 1.82) is 0 Å². The predicted octanol–water partition coefficient (Wildman–Crippen LogP) is 3.72. The molecule has 37 heavy (non-hydrogen) atoms. The summed E-state index contributed by atoms with van der Waals surface area (Å²) in [5.74, 6) is 0.132. The lowest BCUT2D eigenvalue weighted by Gasteiger charge is -2.18. The number of hydrogen-bond acceptors (Lipinski definition) is 8. The Labute approximate surface area is 210 Å². The number of aromatic nitrogens is 8. The Kier molecular flexibility index (Phi) is 5.63. The summed E-state index contributed by atoms with van der Waals surface area (Å²) in [6.45, 7) is 0.594. The van der Waals surface area contributed by atoms with Crippen LogP contribution in [0.25, 0.3) is 56.2 Å². The van der Waals surface area contributed by atoms with Gasteiger partial charge in [0, 0.05) is 36.7 Å².